The molecule has 5 nitrogen and oxygen atoms in total. The molecule has 0 heterocycles. The molecule has 2 N–H and O–H groups in total. The summed E-state index contributed by atoms with van der Waals surface area (Å²) in [6.45, 7) is 1.00. The molecule has 0 bridgehead atoms. The predicted molar refractivity (Wildman–Crippen MR) is 89.3 cm³/mol. The van der Waals surface area contributed by atoms with Crippen molar-refractivity contribution in [1.29, 1.82) is 0 Å². The zero-order valence-electron chi connectivity index (χ0n) is 13.5. The maximum Gasteiger partial charge on any atom is 0.236 e. The number of nitrogens with zero attached hydrogens (tertiary/aromatic N) is 1. The molecule has 2 aromatic rings. The van der Waals surface area contributed by atoms with Crippen LogP contribution in [0, 0.1) is 0 Å². The Morgan fingerprint density at radius 2 is 1.26 bits per heavy atom. The Bertz CT molecular complexity index is 574. The number of hydrogen-bond acceptors (Lipinski definition) is 4. The molecule has 122 valence electrons. The van der Waals surface area contributed by atoms with Gasteiger partial charge in [0.2, 0.25) is 5.91 Å². The second kappa shape index (κ2) is 8.19. The van der Waals surface area contributed by atoms with E-state index >= 15 is 0 Å². The Kier molecular flexibility index (Phi) is 6.00. The highest BCUT2D eigenvalue weighted by molar-refractivity contribution is 5.78. The maximum atomic E-state index is 12.1. The number of hydrogen-bond donors (Lipinski definition) is 1. The van der Waals surface area contributed by atoms with Crippen molar-refractivity contribution in [2.45, 2.75) is 13.1 Å². The third-order valence-corrected chi connectivity index (χ3v) is 3.59. The minimum Gasteiger partial charge on any atom is -0.497 e. The Hall–Kier alpha value is -2.53. The Morgan fingerprint density at radius 3 is 1.57 bits per heavy atom. The van der Waals surface area contributed by atoms with Crippen molar-refractivity contribution in [1.82, 2.24) is 4.90 Å². The third-order valence-electron chi connectivity index (χ3n) is 3.59. The van der Waals surface area contributed by atoms with Gasteiger partial charge >= 0.3 is 0 Å². The van der Waals surface area contributed by atoms with Gasteiger partial charge in [0, 0.05) is 13.1 Å². The fourth-order valence-corrected chi connectivity index (χ4v) is 2.26. The molecule has 1 amide bonds. The van der Waals surface area contributed by atoms with Crippen LogP contribution in [0.15, 0.2) is 48.5 Å². The topological polar surface area (TPSA) is 64.8 Å². The lowest BCUT2D eigenvalue weighted by atomic mass is 10.1. The summed E-state index contributed by atoms with van der Waals surface area (Å²) in [5.41, 5.74) is 7.60. The minimum absolute atomic E-state index is 0.00763. The van der Waals surface area contributed by atoms with Crippen molar-refractivity contribution < 1.29 is 14.3 Å². The van der Waals surface area contributed by atoms with E-state index in [1.54, 1.807) is 19.1 Å². The molecule has 2 rings (SSSR count). The van der Waals surface area contributed by atoms with Crippen LogP contribution in [0.5, 0.6) is 11.5 Å². The normalized spacial score (nSPS) is 10.2. The van der Waals surface area contributed by atoms with Crippen LogP contribution in [0.1, 0.15) is 11.1 Å². The SMILES string of the molecule is COc1ccc(CN(Cc2ccc(OC)cc2)C(=O)CN)cc1. The first kappa shape index (κ1) is 16.8. The van der Waals surface area contributed by atoms with Crippen molar-refractivity contribution >= 4 is 5.91 Å². The van der Waals surface area contributed by atoms with E-state index in [1.807, 2.05) is 48.5 Å². The largest absolute Gasteiger partial charge is 0.497 e. The number of nitrogens with two attached hydrogens (primary N) is 1. The van der Waals surface area contributed by atoms with Crippen molar-refractivity contribution in [3.63, 3.8) is 0 Å². The van der Waals surface area contributed by atoms with Gasteiger partial charge in [0.15, 0.2) is 0 Å². The molecule has 5 heteroatoms. The molecule has 0 saturated carbocycles. The van der Waals surface area contributed by atoms with E-state index < -0.39 is 0 Å². The molecular formula is C18H22N2O3. The van der Waals surface area contributed by atoms with E-state index in [9.17, 15) is 4.79 Å². The zero-order valence-corrected chi connectivity index (χ0v) is 13.5. The lowest BCUT2D eigenvalue weighted by molar-refractivity contribution is -0.130. The van der Waals surface area contributed by atoms with Gasteiger partial charge in [0.25, 0.3) is 0 Å². The van der Waals surface area contributed by atoms with Crippen LogP contribution >= 0.6 is 0 Å². The average Bonchev–Trinajstić information content (AvgIpc) is 2.61. The Labute approximate surface area is 136 Å². The van der Waals surface area contributed by atoms with Crippen LogP contribution in [0.2, 0.25) is 0 Å². The minimum atomic E-state index is -0.0864. The highest BCUT2D eigenvalue weighted by atomic mass is 16.5. The van der Waals surface area contributed by atoms with E-state index in [0.717, 1.165) is 22.6 Å². The molecule has 0 aliphatic rings. The Morgan fingerprint density at radius 1 is 0.870 bits per heavy atom. The number of carbonyl (C=O) groups excluding carboxylic acids is 1. The van der Waals surface area contributed by atoms with Crippen LogP contribution < -0.4 is 15.2 Å². The van der Waals surface area contributed by atoms with Gasteiger partial charge in [-0.25, -0.2) is 0 Å². The van der Waals surface area contributed by atoms with Crippen LogP contribution in [0.25, 0.3) is 0 Å². The maximum absolute atomic E-state index is 12.1. The zero-order chi connectivity index (χ0) is 16.7. The van der Waals surface area contributed by atoms with Gasteiger partial charge in [0.05, 0.1) is 20.8 Å². The van der Waals surface area contributed by atoms with Gasteiger partial charge in [0.1, 0.15) is 11.5 Å². The lowest BCUT2D eigenvalue weighted by Gasteiger charge is -2.22. The Balaban J connectivity index is 2.10. The first-order valence-electron chi connectivity index (χ1n) is 7.40. The lowest BCUT2D eigenvalue weighted by Crippen LogP contribution is -2.35. The van der Waals surface area contributed by atoms with E-state index in [2.05, 4.69) is 0 Å². The number of rotatable bonds is 7. The van der Waals surface area contributed by atoms with Crippen LogP contribution in [0.3, 0.4) is 0 Å². The summed E-state index contributed by atoms with van der Waals surface area (Å²) in [5.74, 6) is 1.50. The van der Waals surface area contributed by atoms with Crippen LogP contribution in [-0.2, 0) is 17.9 Å². The molecule has 0 aromatic heterocycles. The van der Waals surface area contributed by atoms with Gasteiger partial charge in [-0.1, -0.05) is 24.3 Å². The smallest absolute Gasteiger partial charge is 0.236 e. The quantitative estimate of drug-likeness (QED) is 0.851. The van der Waals surface area contributed by atoms with Gasteiger partial charge in [-0.05, 0) is 35.4 Å². The highest BCUT2D eigenvalue weighted by Crippen LogP contribution is 2.16. The number of ether oxygens (including phenoxy) is 2. The molecule has 0 unspecified atom stereocenters. The average molecular weight is 314 g/mol. The van der Waals surface area contributed by atoms with Crippen molar-refractivity contribution in [3.8, 4) is 11.5 Å². The number of benzene rings is 2. The molecule has 23 heavy (non-hydrogen) atoms. The van der Waals surface area contributed by atoms with Crippen LogP contribution in [-0.4, -0.2) is 31.6 Å². The fraction of sp³-hybridized carbons (Fsp3) is 0.278. The van der Waals surface area contributed by atoms with E-state index in [-0.39, 0.29) is 12.5 Å². The van der Waals surface area contributed by atoms with Crippen molar-refractivity contribution in [2.24, 2.45) is 5.73 Å². The van der Waals surface area contributed by atoms with Crippen molar-refractivity contribution in [2.75, 3.05) is 20.8 Å². The standard InChI is InChI=1S/C18H22N2O3/c1-22-16-7-3-14(4-8-16)12-20(18(21)11-19)13-15-5-9-17(23-2)10-6-15/h3-10H,11-13,19H2,1-2H3. The second-order valence-electron chi connectivity index (χ2n) is 5.15. The van der Waals surface area contributed by atoms with Crippen molar-refractivity contribution in [3.05, 3.63) is 59.7 Å². The predicted octanol–water partition coefficient (Wildman–Crippen LogP) is 2.19. The summed E-state index contributed by atoms with van der Waals surface area (Å²) in [6.07, 6.45) is 0. The molecular weight excluding hydrogens is 292 g/mol. The number of carbonyl (C=O) groups is 1. The summed E-state index contributed by atoms with van der Waals surface area (Å²) >= 11 is 0. The van der Waals surface area contributed by atoms with E-state index in [1.165, 1.54) is 0 Å². The van der Waals surface area contributed by atoms with Gasteiger partial charge in [-0.2, -0.15) is 0 Å². The molecule has 0 spiro atoms. The monoisotopic (exact) mass is 314 g/mol. The molecule has 0 radical (unpaired) electrons. The summed E-state index contributed by atoms with van der Waals surface area (Å²) in [6, 6.07) is 15.3. The summed E-state index contributed by atoms with van der Waals surface area (Å²) in [4.78, 5) is 13.9. The van der Waals surface area contributed by atoms with Gasteiger partial charge < -0.3 is 20.1 Å². The summed E-state index contributed by atoms with van der Waals surface area (Å²) in [7, 11) is 3.26. The van der Waals surface area contributed by atoms with Gasteiger partial charge in [-0.3, -0.25) is 4.79 Å². The first-order chi connectivity index (χ1) is 11.2. The van der Waals surface area contributed by atoms with Gasteiger partial charge in [-0.15, -0.1) is 0 Å². The summed E-state index contributed by atoms with van der Waals surface area (Å²) in [5, 5.41) is 0. The molecule has 2 aromatic carbocycles. The number of methoxy groups -OCH3 is 2. The molecule has 0 atom stereocenters. The molecule has 0 aliphatic carbocycles. The highest BCUT2D eigenvalue weighted by Gasteiger charge is 2.13. The molecule has 0 aliphatic heterocycles. The number of amides is 1. The van der Waals surface area contributed by atoms with E-state index in [4.69, 9.17) is 15.2 Å². The first-order valence-corrected chi connectivity index (χ1v) is 7.40. The van der Waals surface area contributed by atoms with E-state index in [0.29, 0.717) is 13.1 Å². The second-order valence-corrected chi connectivity index (χ2v) is 5.15. The fourth-order valence-electron chi connectivity index (χ4n) is 2.26. The summed E-state index contributed by atoms with van der Waals surface area (Å²) < 4.78 is 10.3. The van der Waals surface area contributed by atoms with Crippen LogP contribution in [0.4, 0.5) is 0 Å². The molecule has 0 saturated heterocycles. The third kappa shape index (κ3) is 4.72. The molecule has 0 fully saturated rings.